The van der Waals surface area contributed by atoms with E-state index in [-0.39, 0.29) is 33.5 Å². The molecule has 0 amide bonds. The summed E-state index contributed by atoms with van der Waals surface area (Å²) in [7, 11) is 0. The first-order valence-corrected chi connectivity index (χ1v) is 9.75. The molecule has 5 rings (SSSR count). The van der Waals surface area contributed by atoms with Gasteiger partial charge in [-0.1, -0.05) is 17.7 Å². The van der Waals surface area contributed by atoms with Crippen LogP contribution >= 0.6 is 11.6 Å². The van der Waals surface area contributed by atoms with Crippen molar-refractivity contribution in [1.82, 2.24) is 20.3 Å². The first-order valence-electron chi connectivity index (χ1n) is 9.37. The minimum Gasteiger partial charge on any atom is -0.454 e. The predicted molar refractivity (Wildman–Crippen MR) is 114 cm³/mol. The number of nitrogens with one attached hydrogen (secondary N) is 1. The number of fused-ring (bicyclic) bond motifs is 2. The van der Waals surface area contributed by atoms with Crippen LogP contribution in [0.15, 0.2) is 45.9 Å². The molecule has 0 aliphatic carbocycles. The molecular weight excluding hydrogens is 408 g/mol. The average Bonchev–Trinajstić information content (AvgIpc) is 2.76. The lowest BCUT2D eigenvalue weighted by Gasteiger charge is -2.27. The minimum atomic E-state index is -0.348. The molecule has 1 fully saturated rings. The summed E-state index contributed by atoms with van der Waals surface area (Å²) >= 11 is 6.15. The summed E-state index contributed by atoms with van der Waals surface area (Å²) in [4.78, 5) is 27.8. The molecule has 1 aromatic carbocycles. The number of ether oxygens (including phenoxy) is 1. The van der Waals surface area contributed by atoms with Crippen LogP contribution in [-0.2, 0) is 0 Å². The molecule has 0 unspecified atom stereocenters. The molecule has 4 heterocycles. The summed E-state index contributed by atoms with van der Waals surface area (Å²) in [5.74, 6) is 1.33. The quantitative estimate of drug-likeness (QED) is 0.478. The third-order valence-corrected chi connectivity index (χ3v) is 5.17. The lowest BCUT2D eigenvalue weighted by atomic mass is 10.2. The van der Waals surface area contributed by atoms with Crippen molar-refractivity contribution in [1.29, 1.82) is 0 Å². The first kappa shape index (κ1) is 18.6. The molecule has 9 nitrogen and oxygen atoms in total. The van der Waals surface area contributed by atoms with Crippen molar-refractivity contribution in [3.63, 3.8) is 0 Å². The Morgan fingerprint density at radius 2 is 1.93 bits per heavy atom. The van der Waals surface area contributed by atoms with Gasteiger partial charge < -0.3 is 25.1 Å². The van der Waals surface area contributed by atoms with E-state index < -0.39 is 0 Å². The monoisotopic (exact) mass is 424 g/mol. The molecule has 30 heavy (non-hydrogen) atoms. The van der Waals surface area contributed by atoms with Crippen molar-refractivity contribution in [2.24, 2.45) is 0 Å². The fraction of sp³-hybridized carbons (Fsp3) is 0.200. The lowest BCUT2D eigenvalue weighted by molar-refractivity contribution is 0.476. The highest BCUT2D eigenvalue weighted by Crippen LogP contribution is 2.31. The SMILES string of the molecule is Nc1nc2c(=O)c3c(Cl)cccc3oc2cc1Oc1cnc(N2CCNCC2)nc1. The van der Waals surface area contributed by atoms with Crippen LogP contribution in [0.25, 0.3) is 22.1 Å². The summed E-state index contributed by atoms with van der Waals surface area (Å²) in [6.07, 6.45) is 3.15. The first-order chi connectivity index (χ1) is 14.6. The van der Waals surface area contributed by atoms with Crippen LogP contribution in [0.1, 0.15) is 0 Å². The van der Waals surface area contributed by atoms with Crippen molar-refractivity contribution in [3.05, 3.63) is 51.9 Å². The van der Waals surface area contributed by atoms with Gasteiger partial charge in [-0.05, 0) is 12.1 Å². The number of rotatable bonds is 3. The Bertz CT molecular complexity index is 1300. The van der Waals surface area contributed by atoms with Crippen molar-refractivity contribution < 1.29 is 9.15 Å². The van der Waals surface area contributed by atoms with Gasteiger partial charge in [0.2, 0.25) is 11.4 Å². The molecular formula is C20H17ClN6O3. The number of nitrogens with zero attached hydrogens (tertiary/aromatic N) is 4. The van der Waals surface area contributed by atoms with Gasteiger partial charge in [-0.3, -0.25) is 4.79 Å². The molecule has 3 N–H and O–H groups in total. The van der Waals surface area contributed by atoms with Crippen LogP contribution in [0, 0.1) is 0 Å². The summed E-state index contributed by atoms with van der Waals surface area (Å²) in [6.45, 7) is 3.48. The molecule has 1 aliphatic heterocycles. The zero-order chi connectivity index (χ0) is 20.7. The maximum Gasteiger partial charge on any atom is 0.225 e. The van der Waals surface area contributed by atoms with Crippen LogP contribution in [0.2, 0.25) is 5.02 Å². The number of piperazine rings is 1. The Morgan fingerprint density at radius 1 is 1.17 bits per heavy atom. The number of pyridine rings is 1. The van der Waals surface area contributed by atoms with Crippen molar-refractivity contribution >= 4 is 45.4 Å². The molecule has 0 spiro atoms. The van der Waals surface area contributed by atoms with E-state index in [1.165, 1.54) is 6.07 Å². The predicted octanol–water partition coefficient (Wildman–Crippen LogP) is 2.57. The molecule has 0 atom stereocenters. The number of nitrogens with two attached hydrogens (primary N) is 1. The molecule has 1 aliphatic rings. The third kappa shape index (κ3) is 3.27. The standard InChI is InChI=1S/C20H17ClN6O3/c21-12-2-1-3-13-16(12)18(28)17-14(30-13)8-15(19(22)26-17)29-11-9-24-20(25-10-11)27-6-4-23-5-7-27/h1-3,8-10,23H,4-7H2,(H2,22,26). The zero-order valence-corrected chi connectivity index (χ0v) is 16.5. The van der Waals surface area contributed by atoms with Gasteiger partial charge in [0.25, 0.3) is 0 Å². The number of aromatic nitrogens is 3. The van der Waals surface area contributed by atoms with Crippen LogP contribution in [0.3, 0.4) is 0 Å². The molecule has 10 heteroatoms. The Kier molecular flexibility index (Phi) is 4.61. The summed E-state index contributed by atoms with van der Waals surface area (Å²) in [5, 5.41) is 3.85. The number of anilines is 2. The average molecular weight is 425 g/mol. The van der Waals surface area contributed by atoms with Gasteiger partial charge in [-0.15, -0.1) is 0 Å². The fourth-order valence-corrected chi connectivity index (χ4v) is 3.63. The van der Waals surface area contributed by atoms with Crippen molar-refractivity contribution in [3.8, 4) is 11.5 Å². The van der Waals surface area contributed by atoms with E-state index in [9.17, 15) is 4.79 Å². The topological polar surface area (TPSA) is 119 Å². The van der Waals surface area contributed by atoms with E-state index in [4.69, 9.17) is 26.5 Å². The normalized spacial score (nSPS) is 14.4. The van der Waals surface area contributed by atoms with E-state index in [1.54, 1.807) is 30.6 Å². The van der Waals surface area contributed by atoms with Crippen molar-refractivity contribution in [2.45, 2.75) is 0 Å². The van der Waals surface area contributed by atoms with Crippen molar-refractivity contribution in [2.75, 3.05) is 36.8 Å². The second-order valence-electron chi connectivity index (χ2n) is 6.82. The van der Waals surface area contributed by atoms with E-state index in [0.717, 1.165) is 26.2 Å². The number of halogens is 1. The lowest BCUT2D eigenvalue weighted by Crippen LogP contribution is -2.44. The third-order valence-electron chi connectivity index (χ3n) is 4.86. The number of benzene rings is 1. The highest BCUT2D eigenvalue weighted by Gasteiger charge is 2.16. The van der Waals surface area contributed by atoms with Gasteiger partial charge in [0.1, 0.15) is 5.58 Å². The van der Waals surface area contributed by atoms with Crippen LogP contribution < -0.4 is 26.1 Å². The largest absolute Gasteiger partial charge is 0.454 e. The van der Waals surface area contributed by atoms with Gasteiger partial charge in [-0.25, -0.2) is 15.0 Å². The molecule has 152 valence electrons. The van der Waals surface area contributed by atoms with E-state index in [1.807, 2.05) is 0 Å². The van der Waals surface area contributed by atoms with Crippen LogP contribution in [0.4, 0.5) is 11.8 Å². The van der Waals surface area contributed by atoms with Crippen LogP contribution in [0.5, 0.6) is 11.5 Å². The Balaban J connectivity index is 1.49. The van der Waals surface area contributed by atoms with Crippen LogP contribution in [-0.4, -0.2) is 41.1 Å². The molecule has 0 radical (unpaired) electrons. The van der Waals surface area contributed by atoms with E-state index >= 15 is 0 Å². The Hall–Kier alpha value is -3.43. The Morgan fingerprint density at radius 3 is 2.70 bits per heavy atom. The highest BCUT2D eigenvalue weighted by molar-refractivity contribution is 6.35. The summed E-state index contributed by atoms with van der Waals surface area (Å²) in [5.41, 5.74) is 6.38. The number of hydrogen-bond donors (Lipinski definition) is 2. The van der Waals surface area contributed by atoms with Gasteiger partial charge in [0, 0.05) is 32.2 Å². The van der Waals surface area contributed by atoms with Gasteiger partial charge in [-0.2, -0.15) is 0 Å². The van der Waals surface area contributed by atoms with Gasteiger partial charge in [0.05, 0.1) is 22.8 Å². The molecule has 1 saturated heterocycles. The fourth-order valence-electron chi connectivity index (χ4n) is 3.38. The number of hydrogen-bond acceptors (Lipinski definition) is 9. The molecule has 4 aromatic rings. The van der Waals surface area contributed by atoms with E-state index in [0.29, 0.717) is 22.3 Å². The maximum absolute atomic E-state index is 12.8. The zero-order valence-electron chi connectivity index (χ0n) is 15.8. The van der Waals surface area contributed by atoms with Gasteiger partial charge >= 0.3 is 0 Å². The van der Waals surface area contributed by atoms with Gasteiger partial charge in [0.15, 0.2) is 28.4 Å². The smallest absolute Gasteiger partial charge is 0.225 e. The molecule has 3 aromatic heterocycles. The molecule has 0 saturated carbocycles. The second-order valence-corrected chi connectivity index (χ2v) is 7.23. The van der Waals surface area contributed by atoms with E-state index in [2.05, 4.69) is 25.2 Å². The highest BCUT2D eigenvalue weighted by atomic mass is 35.5. The Labute approximate surface area is 175 Å². The summed E-state index contributed by atoms with van der Waals surface area (Å²) < 4.78 is 11.6. The minimum absolute atomic E-state index is 0.0485. The number of nitrogen functional groups attached to an aromatic ring is 1. The maximum atomic E-state index is 12.8. The summed E-state index contributed by atoms with van der Waals surface area (Å²) in [6, 6.07) is 6.53. The second kappa shape index (κ2) is 7.43. The molecule has 0 bridgehead atoms.